The lowest BCUT2D eigenvalue weighted by atomic mass is 10.2. The van der Waals surface area contributed by atoms with Gasteiger partial charge in [-0.25, -0.2) is 0 Å². The minimum Gasteiger partial charge on any atom is -0.492 e. The Morgan fingerprint density at radius 2 is 2.13 bits per heavy atom. The van der Waals surface area contributed by atoms with E-state index >= 15 is 0 Å². The Labute approximate surface area is 100 Å². The van der Waals surface area contributed by atoms with Crippen molar-refractivity contribution in [1.82, 2.24) is 0 Å². The smallest absolute Gasteiger partial charge is 0.139 e. The normalized spacial score (nSPS) is 12.5. The quantitative estimate of drug-likeness (QED) is 0.809. The van der Waals surface area contributed by atoms with Gasteiger partial charge in [0.2, 0.25) is 0 Å². The second kappa shape index (κ2) is 6.21. The molecule has 0 aliphatic carbocycles. The van der Waals surface area contributed by atoms with Crippen LogP contribution in [0, 0.1) is 0 Å². The van der Waals surface area contributed by atoms with E-state index < -0.39 is 0 Å². The Kier molecular flexibility index (Phi) is 5.23. The molecule has 1 atom stereocenters. The Hall–Kier alpha value is -0.440. The van der Waals surface area contributed by atoms with Gasteiger partial charge in [-0.15, -0.1) is 0 Å². The lowest BCUT2D eigenvalue weighted by Crippen LogP contribution is -2.15. The zero-order chi connectivity index (χ0) is 11.3. The fraction of sp³-hybridized carbons (Fsp3) is 0.455. The largest absolute Gasteiger partial charge is 0.492 e. The first kappa shape index (κ1) is 12.6. The highest BCUT2D eigenvalue weighted by Gasteiger charge is 2.02. The molecule has 1 rings (SSSR count). The van der Waals surface area contributed by atoms with Gasteiger partial charge in [0.1, 0.15) is 5.75 Å². The molecule has 1 unspecified atom stereocenters. The van der Waals surface area contributed by atoms with Crippen LogP contribution < -0.4 is 10.5 Å². The summed E-state index contributed by atoms with van der Waals surface area (Å²) in [6, 6.07) is 5.39. The molecule has 2 N–H and O–H groups in total. The van der Waals surface area contributed by atoms with E-state index in [-0.39, 0.29) is 6.04 Å². The predicted octanol–water partition coefficient (Wildman–Crippen LogP) is 3.50. The summed E-state index contributed by atoms with van der Waals surface area (Å²) in [6.07, 6.45) is 1.86. The van der Waals surface area contributed by atoms with Crippen LogP contribution in [0.3, 0.4) is 0 Å². The first-order chi connectivity index (χ1) is 7.09. The van der Waals surface area contributed by atoms with Crippen LogP contribution >= 0.6 is 23.2 Å². The van der Waals surface area contributed by atoms with Gasteiger partial charge in [0, 0.05) is 17.1 Å². The fourth-order valence-corrected chi connectivity index (χ4v) is 1.51. The molecule has 0 heterocycles. The van der Waals surface area contributed by atoms with Gasteiger partial charge in [0.05, 0.1) is 11.6 Å². The van der Waals surface area contributed by atoms with Gasteiger partial charge >= 0.3 is 0 Å². The van der Waals surface area contributed by atoms with Crippen LogP contribution in [0.25, 0.3) is 0 Å². The minimum absolute atomic E-state index is 0.212. The van der Waals surface area contributed by atoms with Gasteiger partial charge < -0.3 is 10.5 Å². The van der Waals surface area contributed by atoms with Crippen molar-refractivity contribution in [3.05, 3.63) is 28.2 Å². The standard InChI is InChI=1S/C11H15Cl2NO/c1-8(14)3-2-6-15-11-7-9(12)4-5-10(11)13/h4-5,7-8H,2-3,6,14H2,1H3. The molecule has 0 bridgehead atoms. The molecule has 4 heteroatoms. The van der Waals surface area contributed by atoms with Gasteiger partial charge in [0.15, 0.2) is 0 Å². The third-order valence-corrected chi connectivity index (χ3v) is 2.50. The van der Waals surface area contributed by atoms with Gasteiger partial charge in [-0.2, -0.15) is 0 Å². The Balaban J connectivity index is 2.40. The van der Waals surface area contributed by atoms with Gasteiger partial charge in [-0.05, 0) is 31.9 Å². The van der Waals surface area contributed by atoms with Gasteiger partial charge in [-0.1, -0.05) is 23.2 Å². The van der Waals surface area contributed by atoms with Crippen LogP contribution in [0.1, 0.15) is 19.8 Å². The van der Waals surface area contributed by atoms with Crippen molar-refractivity contribution in [1.29, 1.82) is 0 Å². The Bertz CT molecular complexity index is 315. The van der Waals surface area contributed by atoms with Crippen LogP contribution in [-0.4, -0.2) is 12.6 Å². The molecule has 2 nitrogen and oxygen atoms in total. The molecule has 0 amide bonds. The Morgan fingerprint density at radius 1 is 1.40 bits per heavy atom. The van der Waals surface area contributed by atoms with Crippen molar-refractivity contribution in [2.45, 2.75) is 25.8 Å². The SMILES string of the molecule is CC(N)CCCOc1cc(Cl)ccc1Cl. The highest BCUT2D eigenvalue weighted by molar-refractivity contribution is 6.34. The maximum absolute atomic E-state index is 5.93. The molecule has 1 aromatic rings. The minimum atomic E-state index is 0.212. The monoisotopic (exact) mass is 247 g/mol. The predicted molar refractivity (Wildman–Crippen MR) is 64.8 cm³/mol. The topological polar surface area (TPSA) is 35.2 Å². The number of benzene rings is 1. The number of hydrogen-bond donors (Lipinski definition) is 1. The molecule has 0 fully saturated rings. The summed E-state index contributed by atoms with van der Waals surface area (Å²) in [5, 5.41) is 1.21. The van der Waals surface area contributed by atoms with Crippen LogP contribution in [0.5, 0.6) is 5.75 Å². The zero-order valence-corrected chi connectivity index (χ0v) is 10.2. The summed E-state index contributed by atoms with van der Waals surface area (Å²) in [4.78, 5) is 0. The average Bonchev–Trinajstić information content (AvgIpc) is 2.17. The van der Waals surface area contributed by atoms with Crippen molar-refractivity contribution in [3.63, 3.8) is 0 Å². The summed E-state index contributed by atoms with van der Waals surface area (Å²) >= 11 is 11.8. The van der Waals surface area contributed by atoms with E-state index in [2.05, 4.69) is 0 Å². The molecule has 1 aromatic carbocycles. The lowest BCUT2D eigenvalue weighted by molar-refractivity contribution is 0.303. The van der Waals surface area contributed by atoms with Crippen molar-refractivity contribution < 1.29 is 4.74 Å². The van der Waals surface area contributed by atoms with E-state index in [1.54, 1.807) is 18.2 Å². The first-order valence-electron chi connectivity index (χ1n) is 4.93. The van der Waals surface area contributed by atoms with Crippen LogP contribution in [0.2, 0.25) is 10.0 Å². The summed E-state index contributed by atoms with van der Waals surface area (Å²) in [7, 11) is 0. The third-order valence-electron chi connectivity index (χ3n) is 1.95. The lowest BCUT2D eigenvalue weighted by Gasteiger charge is -2.09. The molecule has 0 saturated heterocycles. The summed E-state index contributed by atoms with van der Waals surface area (Å²) in [5.74, 6) is 0.633. The number of nitrogens with two attached hydrogens (primary N) is 1. The van der Waals surface area contributed by atoms with E-state index in [1.165, 1.54) is 0 Å². The number of halogens is 2. The average molecular weight is 248 g/mol. The molecule has 0 aliphatic heterocycles. The van der Waals surface area contributed by atoms with Crippen LogP contribution in [-0.2, 0) is 0 Å². The van der Waals surface area contributed by atoms with Crippen molar-refractivity contribution >= 4 is 23.2 Å². The van der Waals surface area contributed by atoms with E-state index in [1.807, 2.05) is 6.92 Å². The number of rotatable bonds is 5. The Morgan fingerprint density at radius 3 is 2.80 bits per heavy atom. The summed E-state index contributed by atoms with van der Waals surface area (Å²) in [5.41, 5.74) is 5.62. The molecular weight excluding hydrogens is 233 g/mol. The summed E-state index contributed by atoms with van der Waals surface area (Å²) < 4.78 is 5.50. The zero-order valence-electron chi connectivity index (χ0n) is 8.67. The number of ether oxygens (including phenoxy) is 1. The van der Waals surface area contributed by atoms with E-state index in [0.717, 1.165) is 12.8 Å². The van der Waals surface area contributed by atoms with Crippen molar-refractivity contribution in [2.24, 2.45) is 5.73 Å². The molecule has 0 radical (unpaired) electrons. The van der Waals surface area contributed by atoms with Gasteiger partial charge in [0.25, 0.3) is 0 Å². The molecular formula is C11H15Cl2NO. The third kappa shape index (κ3) is 4.74. The fourth-order valence-electron chi connectivity index (χ4n) is 1.18. The molecule has 0 aliphatic rings. The van der Waals surface area contributed by atoms with E-state index in [0.29, 0.717) is 22.4 Å². The van der Waals surface area contributed by atoms with E-state index in [4.69, 9.17) is 33.7 Å². The molecule has 0 saturated carbocycles. The maximum atomic E-state index is 5.93. The summed E-state index contributed by atoms with van der Waals surface area (Å²) in [6.45, 7) is 2.59. The second-order valence-electron chi connectivity index (χ2n) is 3.54. The highest BCUT2D eigenvalue weighted by atomic mass is 35.5. The van der Waals surface area contributed by atoms with Crippen molar-refractivity contribution in [3.8, 4) is 5.75 Å². The van der Waals surface area contributed by atoms with Gasteiger partial charge in [-0.3, -0.25) is 0 Å². The van der Waals surface area contributed by atoms with Crippen LogP contribution in [0.4, 0.5) is 0 Å². The molecule has 0 aromatic heterocycles. The highest BCUT2D eigenvalue weighted by Crippen LogP contribution is 2.27. The molecule has 84 valence electrons. The van der Waals surface area contributed by atoms with Crippen molar-refractivity contribution in [2.75, 3.05) is 6.61 Å². The second-order valence-corrected chi connectivity index (χ2v) is 4.39. The molecule has 0 spiro atoms. The maximum Gasteiger partial charge on any atom is 0.139 e. The number of hydrogen-bond acceptors (Lipinski definition) is 2. The first-order valence-corrected chi connectivity index (χ1v) is 5.68. The molecule has 15 heavy (non-hydrogen) atoms. The van der Waals surface area contributed by atoms with Crippen LogP contribution in [0.15, 0.2) is 18.2 Å². The van der Waals surface area contributed by atoms with E-state index in [9.17, 15) is 0 Å².